The Hall–Kier alpha value is -3.53. The number of pyridine rings is 1. The van der Waals surface area contributed by atoms with Gasteiger partial charge in [0.1, 0.15) is 22.8 Å². The normalized spacial score (nSPS) is 10.6. The van der Waals surface area contributed by atoms with E-state index < -0.39 is 0 Å². The van der Waals surface area contributed by atoms with E-state index in [1.807, 2.05) is 54.6 Å². The van der Waals surface area contributed by atoms with Crippen LogP contribution in [0.4, 0.5) is 11.5 Å². The Morgan fingerprint density at radius 2 is 1.56 bits per heavy atom. The first-order valence-electron chi connectivity index (χ1n) is 8.73. The molecular weight excluding hydrogens is 336 g/mol. The lowest BCUT2D eigenvalue weighted by Gasteiger charge is -2.14. The van der Waals surface area contributed by atoms with Crippen LogP contribution in [0.3, 0.4) is 0 Å². The highest BCUT2D eigenvalue weighted by molar-refractivity contribution is 5.99. The summed E-state index contributed by atoms with van der Waals surface area (Å²) in [5.74, 6) is 2.35. The summed E-state index contributed by atoms with van der Waals surface area (Å²) in [4.78, 5) is 4.80. The molecule has 0 unspecified atom stereocenters. The highest BCUT2D eigenvalue weighted by Gasteiger charge is 2.12. The summed E-state index contributed by atoms with van der Waals surface area (Å²) >= 11 is 0. The lowest BCUT2D eigenvalue weighted by atomic mass is 10.0. The van der Waals surface area contributed by atoms with E-state index in [0.29, 0.717) is 0 Å². The van der Waals surface area contributed by atoms with Gasteiger partial charge in [-0.1, -0.05) is 42.5 Å². The molecule has 4 heteroatoms. The van der Waals surface area contributed by atoms with E-state index in [1.165, 1.54) is 0 Å². The maximum absolute atomic E-state index is 5.55. The maximum Gasteiger partial charge on any atom is 0.145 e. The molecule has 134 valence electrons. The van der Waals surface area contributed by atoms with Crippen LogP contribution in [0.25, 0.3) is 22.0 Å². The first-order valence-corrected chi connectivity index (χ1v) is 8.73. The van der Waals surface area contributed by atoms with Gasteiger partial charge in [0.15, 0.2) is 0 Å². The molecule has 0 saturated carbocycles. The minimum absolute atomic E-state index is 0.749. The number of methoxy groups -OCH3 is 2. The van der Waals surface area contributed by atoms with Gasteiger partial charge in [0.05, 0.1) is 14.2 Å². The third kappa shape index (κ3) is 3.42. The third-order valence-corrected chi connectivity index (χ3v) is 4.47. The van der Waals surface area contributed by atoms with Crippen molar-refractivity contribution in [1.29, 1.82) is 0 Å². The number of rotatable bonds is 5. The smallest absolute Gasteiger partial charge is 0.145 e. The molecule has 3 aromatic carbocycles. The topological polar surface area (TPSA) is 43.4 Å². The van der Waals surface area contributed by atoms with Crippen molar-refractivity contribution in [1.82, 2.24) is 4.98 Å². The summed E-state index contributed by atoms with van der Waals surface area (Å²) in [6.07, 6.45) is 0. The molecule has 0 spiro atoms. The molecule has 0 aliphatic carbocycles. The van der Waals surface area contributed by atoms with Crippen molar-refractivity contribution in [2.45, 2.75) is 0 Å². The van der Waals surface area contributed by atoms with Crippen LogP contribution in [0.5, 0.6) is 11.5 Å². The molecule has 0 aliphatic heterocycles. The summed E-state index contributed by atoms with van der Waals surface area (Å²) in [5.41, 5.74) is 3.99. The van der Waals surface area contributed by atoms with E-state index in [0.717, 1.165) is 45.0 Å². The Bertz CT molecular complexity index is 1060. The van der Waals surface area contributed by atoms with Gasteiger partial charge in [-0.2, -0.15) is 0 Å². The highest BCUT2D eigenvalue weighted by atomic mass is 16.5. The van der Waals surface area contributed by atoms with Crippen molar-refractivity contribution >= 4 is 22.4 Å². The molecule has 27 heavy (non-hydrogen) atoms. The molecule has 0 bridgehead atoms. The number of hydrogen-bond donors (Lipinski definition) is 1. The molecule has 1 aromatic heterocycles. The van der Waals surface area contributed by atoms with Crippen molar-refractivity contribution in [2.24, 2.45) is 0 Å². The van der Waals surface area contributed by atoms with Crippen LogP contribution in [0.2, 0.25) is 0 Å². The average molecular weight is 356 g/mol. The molecule has 0 saturated heterocycles. The van der Waals surface area contributed by atoms with Crippen LogP contribution >= 0.6 is 0 Å². The molecule has 0 atom stereocenters. The molecule has 1 heterocycles. The largest absolute Gasteiger partial charge is 0.497 e. The number of anilines is 2. The fraction of sp³-hybridized carbons (Fsp3) is 0.0870. The van der Waals surface area contributed by atoms with Crippen molar-refractivity contribution in [3.05, 3.63) is 78.9 Å². The SMILES string of the molecule is COc1ccc(-c2cc(Nc3ccccc3)nc3c(OC)cccc23)cc1. The second-order valence-electron chi connectivity index (χ2n) is 6.13. The number of fused-ring (bicyclic) bond motifs is 1. The zero-order valence-electron chi connectivity index (χ0n) is 15.3. The van der Waals surface area contributed by atoms with Gasteiger partial charge in [-0.3, -0.25) is 0 Å². The van der Waals surface area contributed by atoms with Crippen LogP contribution in [-0.2, 0) is 0 Å². The van der Waals surface area contributed by atoms with Crippen LogP contribution in [0, 0.1) is 0 Å². The number of ether oxygens (including phenoxy) is 2. The molecular formula is C23H20N2O2. The zero-order valence-corrected chi connectivity index (χ0v) is 15.3. The Morgan fingerprint density at radius 3 is 2.26 bits per heavy atom. The van der Waals surface area contributed by atoms with Crippen molar-refractivity contribution in [3.63, 3.8) is 0 Å². The van der Waals surface area contributed by atoms with Crippen molar-refractivity contribution in [2.75, 3.05) is 19.5 Å². The second kappa shape index (κ2) is 7.38. The van der Waals surface area contributed by atoms with Gasteiger partial charge in [0.2, 0.25) is 0 Å². The van der Waals surface area contributed by atoms with E-state index >= 15 is 0 Å². The van der Waals surface area contributed by atoms with Gasteiger partial charge in [-0.05, 0) is 47.5 Å². The maximum atomic E-state index is 5.55. The zero-order chi connectivity index (χ0) is 18.6. The van der Waals surface area contributed by atoms with Gasteiger partial charge in [0.25, 0.3) is 0 Å². The Labute approximate surface area is 158 Å². The standard InChI is InChI=1S/C23H20N2O2/c1-26-18-13-11-16(12-14-18)20-15-22(24-17-7-4-3-5-8-17)25-23-19(20)9-6-10-21(23)27-2/h3-15H,1-2H3,(H,24,25). The van der Waals surface area contributed by atoms with Gasteiger partial charge in [0, 0.05) is 11.1 Å². The molecule has 0 aliphatic rings. The number of benzene rings is 3. The summed E-state index contributed by atoms with van der Waals surface area (Å²) in [6, 6.07) is 26.1. The predicted molar refractivity (Wildman–Crippen MR) is 110 cm³/mol. The van der Waals surface area contributed by atoms with Crippen LogP contribution in [-0.4, -0.2) is 19.2 Å². The fourth-order valence-corrected chi connectivity index (χ4v) is 3.13. The minimum Gasteiger partial charge on any atom is -0.497 e. The molecule has 1 N–H and O–H groups in total. The molecule has 4 aromatic rings. The Kier molecular flexibility index (Phi) is 4.62. The van der Waals surface area contributed by atoms with Crippen LogP contribution in [0.1, 0.15) is 0 Å². The number of hydrogen-bond acceptors (Lipinski definition) is 4. The van der Waals surface area contributed by atoms with Gasteiger partial charge in [-0.25, -0.2) is 4.98 Å². The molecule has 0 amide bonds. The van der Waals surface area contributed by atoms with Crippen molar-refractivity contribution in [3.8, 4) is 22.6 Å². The monoisotopic (exact) mass is 356 g/mol. The average Bonchev–Trinajstić information content (AvgIpc) is 2.73. The van der Waals surface area contributed by atoms with E-state index in [4.69, 9.17) is 14.5 Å². The number of nitrogens with one attached hydrogen (secondary N) is 1. The third-order valence-electron chi connectivity index (χ3n) is 4.47. The lowest BCUT2D eigenvalue weighted by Crippen LogP contribution is -1.97. The van der Waals surface area contributed by atoms with Crippen LogP contribution in [0.15, 0.2) is 78.9 Å². The van der Waals surface area contributed by atoms with Gasteiger partial charge < -0.3 is 14.8 Å². The van der Waals surface area contributed by atoms with E-state index in [9.17, 15) is 0 Å². The first kappa shape index (κ1) is 16.9. The Balaban J connectivity index is 1.89. The van der Waals surface area contributed by atoms with Crippen LogP contribution < -0.4 is 14.8 Å². The first-order chi connectivity index (χ1) is 13.3. The summed E-state index contributed by atoms with van der Waals surface area (Å²) in [6.45, 7) is 0. The highest BCUT2D eigenvalue weighted by Crippen LogP contribution is 2.35. The molecule has 4 rings (SSSR count). The summed E-state index contributed by atoms with van der Waals surface area (Å²) in [7, 11) is 3.34. The van der Waals surface area contributed by atoms with Gasteiger partial charge in [-0.15, -0.1) is 0 Å². The predicted octanol–water partition coefficient (Wildman–Crippen LogP) is 5.66. The minimum atomic E-state index is 0.749. The summed E-state index contributed by atoms with van der Waals surface area (Å²) in [5, 5.41) is 4.43. The quantitative estimate of drug-likeness (QED) is 0.501. The van der Waals surface area contributed by atoms with E-state index in [-0.39, 0.29) is 0 Å². The lowest BCUT2D eigenvalue weighted by molar-refractivity contribution is 0.415. The Morgan fingerprint density at radius 1 is 0.778 bits per heavy atom. The number of para-hydroxylation sites is 2. The van der Waals surface area contributed by atoms with Crippen molar-refractivity contribution < 1.29 is 9.47 Å². The molecule has 4 nitrogen and oxygen atoms in total. The molecule has 0 fully saturated rings. The number of nitrogens with zero attached hydrogens (tertiary/aromatic N) is 1. The number of aromatic nitrogens is 1. The second-order valence-corrected chi connectivity index (χ2v) is 6.13. The summed E-state index contributed by atoms with van der Waals surface area (Å²) < 4.78 is 10.8. The van der Waals surface area contributed by atoms with E-state index in [1.54, 1.807) is 14.2 Å². The fourth-order valence-electron chi connectivity index (χ4n) is 3.13. The van der Waals surface area contributed by atoms with E-state index in [2.05, 4.69) is 29.6 Å². The molecule has 0 radical (unpaired) electrons. The van der Waals surface area contributed by atoms with Gasteiger partial charge >= 0.3 is 0 Å².